The van der Waals surface area contributed by atoms with E-state index < -0.39 is 33.0 Å². The molecule has 10 heteroatoms. The second-order valence-electron chi connectivity index (χ2n) is 5.40. The van der Waals surface area contributed by atoms with Crippen LogP contribution in [0.3, 0.4) is 0 Å². The molecule has 134 valence electrons. The molecule has 26 heavy (non-hydrogen) atoms. The summed E-state index contributed by atoms with van der Waals surface area (Å²) in [7, 11) is 0. The second-order valence-corrected chi connectivity index (χ2v) is 5.40. The minimum Gasteiger partial charge on any atom is -0.366 e. The smallest absolute Gasteiger partial charge is 0.279 e. The largest absolute Gasteiger partial charge is 0.366 e. The van der Waals surface area contributed by atoms with E-state index >= 15 is 0 Å². The molecule has 2 aromatic rings. The Hall–Kier alpha value is -3.82. The topological polar surface area (TPSA) is 158 Å². The van der Waals surface area contributed by atoms with Crippen LogP contribution in [0.5, 0.6) is 0 Å². The zero-order chi connectivity index (χ0) is 19.4. The molecule has 2 aromatic carbocycles. The van der Waals surface area contributed by atoms with E-state index in [0.29, 0.717) is 11.1 Å². The van der Waals surface area contributed by atoms with Crippen molar-refractivity contribution in [3.8, 4) is 0 Å². The third-order valence-electron chi connectivity index (χ3n) is 3.70. The summed E-state index contributed by atoms with van der Waals surface area (Å²) in [4.78, 5) is 43.8. The third-order valence-corrected chi connectivity index (χ3v) is 3.70. The van der Waals surface area contributed by atoms with E-state index in [1.165, 1.54) is 19.1 Å². The number of nitrogens with zero attached hydrogens (tertiary/aromatic N) is 2. The molecule has 0 aromatic heterocycles. The summed E-state index contributed by atoms with van der Waals surface area (Å²) in [5.41, 5.74) is 4.77. The molecule has 3 N–H and O–H groups in total. The van der Waals surface area contributed by atoms with Crippen molar-refractivity contribution in [3.63, 3.8) is 0 Å². The fourth-order valence-corrected chi connectivity index (χ4v) is 2.27. The number of carbonyl (C=O) groups is 2. The normalized spacial score (nSPS) is 10.2. The lowest BCUT2D eigenvalue weighted by atomic mass is 10.1. The summed E-state index contributed by atoms with van der Waals surface area (Å²) in [6.07, 6.45) is 0. The van der Waals surface area contributed by atoms with Gasteiger partial charge in [0.15, 0.2) is 0 Å². The van der Waals surface area contributed by atoms with Crippen molar-refractivity contribution in [2.45, 2.75) is 13.5 Å². The van der Waals surface area contributed by atoms with E-state index in [1.807, 2.05) is 0 Å². The standard InChI is InChI=1S/C16H14N4O6/c1-9-13(19(23)24)6-12(7-14(9)20(25)26)16(22)18-8-10-2-4-11(5-3-10)15(17)21/h2-7H,8H2,1H3,(H2,17,21)(H,18,22). The molecule has 2 rings (SSSR count). The molecule has 0 atom stereocenters. The van der Waals surface area contributed by atoms with Gasteiger partial charge in [-0.05, 0) is 24.6 Å². The van der Waals surface area contributed by atoms with Crippen LogP contribution >= 0.6 is 0 Å². The van der Waals surface area contributed by atoms with Crippen molar-refractivity contribution in [2.24, 2.45) is 5.73 Å². The Morgan fingerprint density at radius 3 is 1.92 bits per heavy atom. The highest BCUT2D eigenvalue weighted by Crippen LogP contribution is 2.29. The van der Waals surface area contributed by atoms with Crippen LogP contribution < -0.4 is 11.1 Å². The van der Waals surface area contributed by atoms with Crippen LogP contribution in [0.2, 0.25) is 0 Å². The highest BCUT2D eigenvalue weighted by atomic mass is 16.6. The van der Waals surface area contributed by atoms with Crippen LogP contribution in [0.1, 0.15) is 31.8 Å². The molecule has 0 saturated carbocycles. The van der Waals surface area contributed by atoms with E-state index in [1.54, 1.807) is 12.1 Å². The quantitative estimate of drug-likeness (QED) is 0.592. The summed E-state index contributed by atoms with van der Waals surface area (Å²) in [5, 5.41) is 24.6. The van der Waals surface area contributed by atoms with Crippen molar-refractivity contribution in [1.29, 1.82) is 0 Å². The van der Waals surface area contributed by atoms with Crippen LogP contribution in [0.4, 0.5) is 11.4 Å². The number of nitrogens with two attached hydrogens (primary N) is 1. The number of nitro benzene ring substituents is 2. The SMILES string of the molecule is Cc1c([N+](=O)[O-])cc(C(=O)NCc2ccc(C(N)=O)cc2)cc1[N+](=O)[O-]. The summed E-state index contributed by atoms with van der Waals surface area (Å²) in [6.45, 7) is 1.31. The molecular weight excluding hydrogens is 344 g/mol. The molecule has 10 nitrogen and oxygen atoms in total. The van der Waals surface area contributed by atoms with Gasteiger partial charge in [0.2, 0.25) is 5.91 Å². The Kier molecular flexibility index (Phi) is 5.26. The minimum atomic E-state index is -0.776. The number of primary amides is 1. The van der Waals surface area contributed by atoms with Crippen LogP contribution in [0.15, 0.2) is 36.4 Å². The van der Waals surface area contributed by atoms with Crippen molar-refractivity contribution in [3.05, 3.63) is 78.9 Å². The summed E-state index contributed by atoms with van der Waals surface area (Å²) in [5.74, 6) is -1.28. The van der Waals surface area contributed by atoms with E-state index in [2.05, 4.69) is 5.32 Å². The average molecular weight is 358 g/mol. The van der Waals surface area contributed by atoms with Gasteiger partial charge in [-0.3, -0.25) is 29.8 Å². The maximum Gasteiger partial charge on any atom is 0.279 e. The zero-order valence-corrected chi connectivity index (χ0v) is 13.6. The molecule has 0 aliphatic heterocycles. The number of nitro groups is 2. The van der Waals surface area contributed by atoms with Crippen molar-refractivity contribution < 1.29 is 19.4 Å². The lowest BCUT2D eigenvalue weighted by Gasteiger charge is -2.07. The summed E-state index contributed by atoms with van der Waals surface area (Å²) in [6, 6.07) is 8.14. The fraction of sp³-hybridized carbons (Fsp3) is 0.125. The Morgan fingerprint density at radius 2 is 1.50 bits per heavy atom. The average Bonchev–Trinajstić information content (AvgIpc) is 2.59. The molecule has 0 radical (unpaired) electrons. The highest BCUT2D eigenvalue weighted by Gasteiger charge is 2.25. The Morgan fingerprint density at radius 1 is 1.00 bits per heavy atom. The molecule has 0 fully saturated rings. The lowest BCUT2D eigenvalue weighted by Crippen LogP contribution is -2.23. The number of hydrogen-bond donors (Lipinski definition) is 2. The number of carbonyl (C=O) groups excluding carboxylic acids is 2. The first kappa shape index (κ1) is 18.5. The third kappa shape index (κ3) is 3.98. The number of benzene rings is 2. The van der Waals surface area contributed by atoms with Gasteiger partial charge in [-0.2, -0.15) is 0 Å². The minimum absolute atomic E-state index is 0.0628. The lowest BCUT2D eigenvalue weighted by molar-refractivity contribution is -0.395. The molecular formula is C16H14N4O6. The van der Waals surface area contributed by atoms with Gasteiger partial charge < -0.3 is 11.1 Å². The Bertz CT molecular complexity index is 872. The predicted molar refractivity (Wildman–Crippen MR) is 90.6 cm³/mol. The van der Waals surface area contributed by atoms with Gasteiger partial charge in [0.25, 0.3) is 17.3 Å². The van der Waals surface area contributed by atoms with Crippen molar-refractivity contribution >= 4 is 23.2 Å². The van der Waals surface area contributed by atoms with E-state index in [9.17, 15) is 29.8 Å². The van der Waals surface area contributed by atoms with Crippen molar-refractivity contribution in [1.82, 2.24) is 5.32 Å². The van der Waals surface area contributed by atoms with Gasteiger partial charge in [-0.15, -0.1) is 0 Å². The first-order valence-corrected chi connectivity index (χ1v) is 7.31. The Labute approximate surface area is 146 Å². The number of hydrogen-bond acceptors (Lipinski definition) is 6. The van der Waals surface area contributed by atoms with Gasteiger partial charge in [0.1, 0.15) is 5.56 Å². The summed E-state index contributed by atoms with van der Waals surface area (Å²) >= 11 is 0. The monoisotopic (exact) mass is 358 g/mol. The number of amides is 2. The summed E-state index contributed by atoms with van der Waals surface area (Å²) < 4.78 is 0. The maximum absolute atomic E-state index is 12.2. The van der Waals surface area contributed by atoms with Crippen LogP contribution in [-0.2, 0) is 6.54 Å². The van der Waals surface area contributed by atoms with Crippen LogP contribution in [0.25, 0.3) is 0 Å². The van der Waals surface area contributed by atoms with Crippen LogP contribution in [-0.4, -0.2) is 21.7 Å². The zero-order valence-electron chi connectivity index (χ0n) is 13.6. The molecule has 0 spiro atoms. The van der Waals surface area contributed by atoms with Gasteiger partial charge in [0, 0.05) is 24.2 Å². The predicted octanol–water partition coefficient (Wildman–Crippen LogP) is 1.84. The van der Waals surface area contributed by atoms with E-state index in [4.69, 9.17) is 5.73 Å². The molecule has 0 aliphatic carbocycles. The van der Waals surface area contributed by atoms with E-state index in [0.717, 1.165) is 12.1 Å². The van der Waals surface area contributed by atoms with E-state index in [-0.39, 0.29) is 17.7 Å². The van der Waals surface area contributed by atoms with Crippen LogP contribution in [0, 0.1) is 27.2 Å². The molecule has 0 aliphatic rings. The molecule has 2 amide bonds. The molecule has 0 bridgehead atoms. The molecule has 0 heterocycles. The Balaban J connectivity index is 2.22. The maximum atomic E-state index is 12.2. The first-order valence-electron chi connectivity index (χ1n) is 7.31. The number of nitrogens with one attached hydrogen (secondary N) is 1. The molecule has 0 unspecified atom stereocenters. The van der Waals surface area contributed by atoms with Gasteiger partial charge >= 0.3 is 0 Å². The van der Waals surface area contributed by atoms with Gasteiger partial charge in [0.05, 0.1) is 15.4 Å². The van der Waals surface area contributed by atoms with Gasteiger partial charge in [-0.25, -0.2) is 0 Å². The van der Waals surface area contributed by atoms with Gasteiger partial charge in [-0.1, -0.05) is 12.1 Å². The molecule has 0 saturated heterocycles. The first-order chi connectivity index (χ1) is 12.2. The second kappa shape index (κ2) is 7.38. The fourth-order valence-electron chi connectivity index (χ4n) is 2.27. The number of rotatable bonds is 6. The highest BCUT2D eigenvalue weighted by molar-refractivity contribution is 5.96. The van der Waals surface area contributed by atoms with Crippen molar-refractivity contribution in [2.75, 3.05) is 0 Å².